The lowest BCUT2D eigenvalue weighted by Gasteiger charge is -2.20. The number of carbonyl (C=O) groups excluding carboxylic acids is 1. The number of carboxylic acid groups (broad SMARTS) is 1. The maximum absolute atomic E-state index is 10.8. The lowest BCUT2D eigenvalue weighted by molar-refractivity contribution is -0.146. The summed E-state index contributed by atoms with van der Waals surface area (Å²) in [5.74, 6) is -2.28. The summed E-state index contributed by atoms with van der Waals surface area (Å²) in [6, 6.07) is 0. The molecule has 0 aliphatic carbocycles. The number of carboxylic acids is 1. The maximum atomic E-state index is 10.8. The lowest BCUT2D eigenvalue weighted by atomic mass is 10.2. The van der Waals surface area contributed by atoms with Gasteiger partial charge in [0.2, 0.25) is 5.06 Å². The average Bonchev–Trinajstić information content (AvgIpc) is 2.26. The van der Waals surface area contributed by atoms with E-state index >= 15 is 0 Å². The third-order valence-electron chi connectivity index (χ3n) is 1.33. The predicted octanol–water partition coefficient (Wildman–Crippen LogP) is 1.29. The molecule has 0 radical (unpaired) electrons. The van der Waals surface area contributed by atoms with Gasteiger partial charge < -0.3 is 9.84 Å². The van der Waals surface area contributed by atoms with Gasteiger partial charge in [-0.05, 0) is 0 Å². The molecule has 0 amide bonds. The molecule has 0 fully saturated rings. The number of hydrogen-bond donors (Lipinski definition) is 1. The summed E-state index contributed by atoms with van der Waals surface area (Å²) in [4.78, 5) is 21.2. The van der Waals surface area contributed by atoms with Crippen molar-refractivity contribution in [1.29, 1.82) is 0 Å². The highest BCUT2D eigenvalue weighted by atomic mass is 35.5. The first-order valence-corrected chi connectivity index (χ1v) is 4.23. The fourth-order valence-electron chi connectivity index (χ4n) is 0.745. The zero-order chi connectivity index (χ0) is 10.2. The van der Waals surface area contributed by atoms with E-state index in [9.17, 15) is 9.59 Å². The highest BCUT2D eigenvalue weighted by molar-refractivity contribution is 6.46. The number of cyclic esters (lactones) is 1. The quantitative estimate of drug-likeness (QED) is 0.588. The fourth-order valence-corrected chi connectivity index (χ4v) is 1.38. The van der Waals surface area contributed by atoms with Crippen LogP contribution in [-0.4, -0.2) is 27.5 Å². The molecule has 1 aliphatic rings. The standard InChI is InChI=1S/C6H3Cl3O4/c7-2-1-6(9,13-5(2)12)3(8)4(10)11/h1,3H,(H,10,11). The monoisotopic (exact) mass is 244 g/mol. The molecular weight excluding hydrogens is 242 g/mol. The predicted molar refractivity (Wildman–Crippen MR) is 45.9 cm³/mol. The molecule has 7 heteroatoms. The Hall–Kier alpha value is -0.450. The van der Waals surface area contributed by atoms with Gasteiger partial charge in [0.05, 0.1) is 0 Å². The molecule has 0 saturated heterocycles. The van der Waals surface area contributed by atoms with Gasteiger partial charge in [0, 0.05) is 6.08 Å². The summed E-state index contributed by atoms with van der Waals surface area (Å²) in [6.07, 6.45) is 0.963. The number of carbonyl (C=O) groups is 2. The molecule has 0 aromatic rings. The van der Waals surface area contributed by atoms with Crippen LogP contribution in [0.2, 0.25) is 0 Å². The van der Waals surface area contributed by atoms with Crippen molar-refractivity contribution in [3.8, 4) is 0 Å². The molecule has 72 valence electrons. The van der Waals surface area contributed by atoms with E-state index in [1.165, 1.54) is 0 Å². The zero-order valence-electron chi connectivity index (χ0n) is 5.96. The molecule has 0 saturated carbocycles. The van der Waals surface area contributed by atoms with Gasteiger partial charge >= 0.3 is 11.9 Å². The van der Waals surface area contributed by atoms with Gasteiger partial charge in [-0.1, -0.05) is 23.2 Å². The minimum absolute atomic E-state index is 0.276. The first kappa shape index (κ1) is 10.6. The van der Waals surface area contributed by atoms with Gasteiger partial charge in [-0.3, -0.25) is 4.79 Å². The Morgan fingerprint density at radius 3 is 2.54 bits per heavy atom. The van der Waals surface area contributed by atoms with E-state index in [2.05, 4.69) is 4.74 Å². The third kappa shape index (κ3) is 1.90. The molecule has 4 nitrogen and oxygen atoms in total. The van der Waals surface area contributed by atoms with Crippen molar-refractivity contribution in [2.24, 2.45) is 0 Å². The Morgan fingerprint density at radius 2 is 2.23 bits per heavy atom. The van der Waals surface area contributed by atoms with E-state index in [1.54, 1.807) is 0 Å². The fraction of sp³-hybridized carbons (Fsp3) is 0.333. The van der Waals surface area contributed by atoms with E-state index in [-0.39, 0.29) is 5.03 Å². The van der Waals surface area contributed by atoms with E-state index in [4.69, 9.17) is 39.9 Å². The molecule has 1 heterocycles. The molecule has 2 atom stereocenters. The minimum Gasteiger partial charge on any atom is -0.480 e. The minimum atomic E-state index is -1.89. The normalized spacial score (nSPS) is 29.5. The Kier molecular flexibility index (Phi) is 2.75. The van der Waals surface area contributed by atoms with Gasteiger partial charge in [0.1, 0.15) is 5.03 Å². The van der Waals surface area contributed by atoms with Crippen LogP contribution in [0.3, 0.4) is 0 Å². The van der Waals surface area contributed by atoms with Gasteiger partial charge in [-0.2, -0.15) is 0 Å². The summed E-state index contributed by atoms with van der Waals surface area (Å²) in [5, 5.41) is 4.76. The molecular formula is C6H3Cl3O4. The van der Waals surface area contributed by atoms with Crippen molar-refractivity contribution in [2.75, 3.05) is 0 Å². The molecule has 1 rings (SSSR count). The summed E-state index contributed by atoms with van der Waals surface area (Å²) < 4.78 is 4.47. The number of rotatable bonds is 2. The second kappa shape index (κ2) is 3.36. The van der Waals surface area contributed by atoms with Crippen molar-refractivity contribution in [3.63, 3.8) is 0 Å². The van der Waals surface area contributed by atoms with Crippen molar-refractivity contribution >= 4 is 46.7 Å². The Bertz CT molecular complexity index is 300. The molecule has 0 spiro atoms. The molecule has 1 aliphatic heterocycles. The van der Waals surface area contributed by atoms with Crippen molar-refractivity contribution < 1.29 is 19.4 Å². The second-order valence-corrected chi connectivity index (χ2v) is 3.71. The summed E-state index contributed by atoms with van der Waals surface area (Å²) in [5.41, 5.74) is 0. The van der Waals surface area contributed by atoms with E-state index < -0.39 is 22.4 Å². The van der Waals surface area contributed by atoms with Crippen LogP contribution in [0.1, 0.15) is 0 Å². The molecule has 0 bridgehead atoms. The number of esters is 1. The third-order valence-corrected chi connectivity index (χ3v) is 2.62. The van der Waals surface area contributed by atoms with E-state index in [1.807, 2.05) is 0 Å². The van der Waals surface area contributed by atoms with Gasteiger partial charge in [-0.25, -0.2) is 4.79 Å². The number of aliphatic carboxylic acids is 1. The largest absolute Gasteiger partial charge is 0.480 e. The number of ether oxygens (including phenoxy) is 1. The van der Waals surface area contributed by atoms with Crippen LogP contribution in [0.5, 0.6) is 0 Å². The smallest absolute Gasteiger partial charge is 0.351 e. The van der Waals surface area contributed by atoms with Crippen LogP contribution in [0.4, 0.5) is 0 Å². The van der Waals surface area contributed by atoms with Crippen molar-refractivity contribution in [3.05, 3.63) is 11.1 Å². The van der Waals surface area contributed by atoms with Gasteiger partial charge in [0.25, 0.3) is 0 Å². The molecule has 0 aromatic heterocycles. The van der Waals surface area contributed by atoms with Crippen molar-refractivity contribution in [1.82, 2.24) is 0 Å². The lowest BCUT2D eigenvalue weighted by Crippen LogP contribution is -2.38. The van der Waals surface area contributed by atoms with Gasteiger partial charge in [0.15, 0.2) is 5.38 Å². The number of alkyl halides is 2. The SMILES string of the molecule is O=C1OC(Cl)(C(Cl)C(=O)O)C=C1Cl. The Labute approximate surface area is 88.0 Å². The van der Waals surface area contributed by atoms with Crippen LogP contribution < -0.4 is 0 Å². The molecule has 2 unspecified atom stereocenters. The second-order valence-electron chi connectivity index (χ2n) is 2.28. The summed E-state index contributed by atoms with van der Waals surface area (Å²) in [6.45, 7) is 0. The first-order valence-electron chi connectivity index (χ1n) is 3.04. The molecule has 1 N–H and O–H groups in total. The first-order chi connectivity index (χ1) is 5.87. The van der Waals surface area contributed by atoms with Crippen LogP contribution in [0, 0.1) is 0 Å². The van der Waals surface area contributed by atoms with Crippen LogP contribution >= 0.6 is 34.8 Å². The highest BCUT2D eigenvalue weighted by Crippen LogP contribution is 2.36. The topological polar surface area (TPSA) is 63.6 Å². The van der Waals surface area contributed by atoms with Crippen LogP contribution in [0.25, 0.3) is 0 Å². The summed E-state index contributed by atoms with van der Waals surface area (Å²) >= 11 is 16.3. The average molecular weight is 245 g/mol. The number of halogens is 3. The Balaban J connectivity index is 2.93. The van der Waals surface area contributed by atoms with Crippen LogP contribution in [-0.2, 0) is 14.3 Å². The molecule has 13 heavy (non-hydrogen) atoms. The van der Waals surface area contributed by atoms with E-state index in [0.29, 0.717) is 0 Å². The van der Waals surface area contributed by atoms with Crippen LogP contribution in [0.15, 0.2) is 11.1 Å². The van der Waals surface area contributed by atoms with Crippen molar-refractivity contribution in [2.45, 2.75) is 10.4 Å². The summed E-state index contributed by atoms with van der Waals surface area (Å²) in [7, 11) is 0. The van der Waals surface area contributed by atoms with E-state index in [0.717, 1.165) is 6.08 Å². The maximum Gasteiger partial charge on any atom is 0.351 e. The molecule has 0 aromatic carbocycles. The zero-order valence-corrected chi connectivity index (χ0v) is 8.23. The Morgan fingerprint density at radius 1 is 1.69 bits per heavy atom. The van der Waals surface area contributed by atoms with Gasteiger partial charge in [-0.15, -0.1) is 11.6 Å². The number of hydrogen-bond acceptors (Lipinski definition) is 3. The highest BCUT2D eigenvalue weighted by Gasteiger charge is 2.47.